The third kappa shape index (κ3) is 4.54. The second kappa shape index (κ2) is 9.09. The van der Waals surface area contributed by atoms with Crippen LogP contribution >= 0.6 is 15.8 Å². The van der Waals surface area contributed by atoms with Gasteiger partial charge in [0.25, 0.3) is 0 Å². The van der Waals surface area contributed by atoms with E-state index in [1.807, 2.05) is 0 Å². The Balaban J connectivity index is 2.02. The molecular formula is C25H22P2. The Morgan fingerprint density at radius 3 is 0.852 bits per heavy atom. The Bertz CT molecular complexity index is 1100. The summed E-state index contributed by atoms with van der Waals surface area (Å²) in [5.74, 6) is 0.220. The maximum atomic E-state index is 8.59. The van der Waals surface area contributed by atoms with Gasteiger partial charge in [-0.15, -0.1) is 0 Å². The van der Waals surface area contributed by atoms with Crippen molar-refractivity contribution in [2.75, 3.05) is 5.90 Å². The van der Waals surface area contributed by atoms with Gasteiger partial charge in [-0.1, -0.05) is 121 Å². The molecule has 0 aliphatic carbocycles. The lowest BCUT2D eigenvalue weighted by atomic mass is 10.4. The van der Waals surface area contributed by atoms with Crippen LogP contribution in [-0.4, -0.2) is 5.90 Å². The van der Waals surface area contributed by atoms with E-state index >= 15 is 0 Å². The third-order valence-electron chi connectivity index (χ3n) is 3.89. The fourth-order valence-electron chi connectivity index (χ4n) is 2.65. The quantitative estimate of drug-likeness (QED) is 0.395. The van der Waals surface area contributed by atoms with Gasteiger partial charge in [-0.2, -0.15) is 0 Å². The van der Waals surface area contributed by atoms with Crippen LogP contribution in [0.4, 0.5) is 0 Å². The van der Waals surface area contributed by atoms with Crippen molar-refractivity contribution in [3.8, 4) is 0 Å². The van der Waals surface area contributed by atoms with Crippen molar-refractivity contribution in [3.05, 3.63) is 121 Å². The maximum Gasteiger partial charge on any atom is 0.0630 e. The zero-order chi connectivity index (χ0) is 25.3. The van der Waals surface area contributed by atoms with Crippen LogP contribution in [0.2, 0.25) is 0 Å². The molecule has 0 heterocycles. The summed E-state index contributed by atoms with van der Waals surface area (Å²) < 4.78 is 68.7. The van der Waals surface area contributed by atoms with Gasteiger partial charge < -0.3 is 0 Å². The average Bonchev–Trinajstić information content (AvgIpc) is 2.78. The molecule has 0 bridgehead atoms. The van der Waals surface area contributed by atoms with Gasteiger partial charge in [-0.3, -0.25) is 0 Å². The Morgan fingerprint density at radius 1 is 0.407 bits per heavy atom. The smallest absolute Gasteiger partial charge is 0.0622 e. The first-order valence-corrected chi connectivity index (χ1v) is 11.6. The van der Waals surface area contributed by atoms with E-state index in [2.05, 4.69) is 0 Å². The van der Waals surface area contributed by atoms with Crippen molar-refractivity contribution >= 4 is 37.1 Å². The van der Waals surface area contributed by atoms with Gasteiger partial charge in [0, 0.05) is 5.90 Å². The number of benzene rings is 4. The predicted octanol–water partition coefficient (Wildman–Crippen LogP) is 5.21. The van der Waals surface area contributed by atoms with Crippen LogP contribution in [0.1, 0.15) is 11.0 Å². The number of hydrogen-bond donors (Lipinski definition) is 0. The topological polar surface area (TPSA) is 0 Å². The third-order valence-corrected chi connectivity index (χ3v) is 9.35. The van der Waals surface area contributed by atoms with Gasteiger partial charge in [0.15, 0.2) is 0 Å². The summed E-state index contributed by atoms with van der Waals surface area (Å²) >= 11 is 0. The fraction of sp³-hybridized carbons (Fsp3) is 0.0400. The van der Waals surface area contributed by atoms with Gasteiger partial charge in [0.1, 0.15) is 0 Å². The number of hydrogen-bond acceptors (Lipinski definition) is 0. The monoisotopic (exact) mass is 392 g/mol. The largest absolute Gasteiger partial charge is 0.0630 e. The van der Waals surface area contributed by atoms with Crippen LogP contribution in [0.15, 0.2) is 121 Å². The second-order valence-corrected chi connectivity index (χ2v) is 10.3. The van der Waals surface area contributed by atoms with Crippen molar-refractivity contribution in [1.82, 2.24) is 0 Å². The minimum atomic E-state index is -1.62. The molecule has 0 aliphatic heterocycles. The molecule has 0 amide bonds. The van der Waals surface area contributed by atoms with E-state index in [9.17, 15) is 0 Å². The lowest BCUT2D eigenvalue weighted by molar-refractivity contribution is 1.73. The molecule has 0 N–H and O–H groups in total. The van der Waals surface area contributed by atoms with E-state index in [-0.39, 0.29) is 54.2 Å². The van der Waals surface area contributed by atoms with Gasteiger partial charge >= 0.3 is 0 Å². The van der Waals surface area contributed by atoms with Gasteiger partial charge in [0.2, 0.25) is 0 Å². The molecule has 0 unspecified atom stereocenters. The maximum absolute atomic E-state index is 8.59. The Hall–Kier alpha value is -2.26. The van der Waals surface area contributed by atoms with Crippen molar-refractivity contribution in [3.63, 3.8) is 0 Å². The van der Waals surface area contributed by atoms with Crippen molar-refractivity contribution in [2.24, 2.45) is 0 Å². The molecule has 0 atom stereocenters. The first-order chi connectivity index (χ1) is 16.7. The minimum absolute atomic E-state index is 0.136. The molecule has 0 fully saturated rings. The summed E-state index contributed by atoms with van der Waals surface area (Å²) in [6.07, 6.45) is 0. The normalized spacial score (nSPS) is 15.2. The molecule has 4 aromatic carbocycles. The highest BCUT2D eigenvalue weighted by atomic mass is 31.2. The minimum Gasteiger partial charge on any atom is -0.0622 e. The standard InChI is InChI=1S/C25H22P2/c1-5-13-22(14-6-1)26(23-15-7-2-8-16-23)21-27(24-17-9-3-10-18-24)25-19-11-4-12-20-25/h1-20H,21H2/i13D,14D,15D,16D,17D,18D,19D,20D. The predicted molar refractivity (Wildman–Crippen MR) is 123 cm³/mol. The van der Waals surface area contributed by atoms with E-state index in [0.717, 1.165) is 0 Å². The zero-order valence-electron chi connectivity index (χ0n) is 22.5. The molecule has 0 radical (unpaired) electrons. The van der Waals surface area contributed by atoms with E-state index in [1.165, 1.54) is 0 Å². The van der Waals surface area contributed by atoms with Crippen molar-refractivity contribution in [1.29, 1.82) is 0 Å². The summed E-state index contributed by atoms with van der Waals surface area (Å²) in [5.41, 5.74) is 0. The van der Waals surface area contributed by atoms with Crippen LogP contribution in [0.5, 0.6) is 0 Å². The van der Waals surface area contributed by atoms with E-state index in [4.69, 9.17) is 11.0 Å². The van der Waals surface area contributed by atoms with Crippen LogP contribution in [0, 0.1) is 0 Å². The molecule has 0 aromatic heterocycles. The highest BCUT2D eigenvalue weighted by Gasteiger charge is 2.21. The molecule has 27 heavy (non-hydrogen) atoms. The molecule has 0 saturated carbocycles. The van der Waals surface area contributed by atoms with Crippen LogP contribution in [0.3, 0.4) is 0 Å². The molecule has 4 aromatic rings. The molecule has 4 rings (SSSR count). The first-order valence-electron chi connectivity index (χ1n) is 12.5. The molecule has 2 heteroatoms. The van der Waals surface area contributed by atoms with Crippen LogP contribution in [0.25, 0.3) is 0 Å². The fourth-order valence-corrected chi connectivity index (χ4v) is 8.33. The van der Waals surface area contributed by atoms with E-state index < -0.39 is 15.8 Å². The van der Waals surface area contributed by atoms with Crippen molar-refractivity contribution < 1.29 is 11.0 Å². The van der Waals surface area contributed by atoms with E-state index in [0.29, 0.717) is 21.2 Å². The summed E-state index contributed by atoms with van der Waals surface area (Å²) in [6, 6.07) is 20.3. The highest BCUT2D eigenvalue weighted by Crippen LogP contribution is 2.48. The highest BCUT2D eigenvalue weighted by molar-refractivity contribution is 7.88. The molecule has 0 aliphatic rings. The van der Waals surface area contributed by atoms with E-state index in [1.54, 1.807) is 72.8 Å². The molecule has 0 saturated heterocycles. The second-order valence-electron chi connectivity index (χ2n) is 5.65. The molecule has 132 valence electrons. The summed E-state index contributed by atoms with van der Waals surface area (Å²) in [5, 5.41) is 1.69. The van der Waals surface area contributed by atoms with Crippen LogP contribution < -0.4 is 21.2 Å². The summed E-state index contributed by atoms with van der Waals surface area (Å²) in [6.45, 7) is 0. The van der Waals surface area contributed by atoms with Gasteiger partial charge in [-0.25, -0.2) is 0 Å². The SMILES string of the molecule is [2H]c1cccc([2H])c1P(CP(c1c([2H])cccc1[2H])c1c([2H])cccc1[2H])c1c([2H])cccc1[2H]. The zero-order valence-corrected chi connectivity index (χ0v) is 16.3. The van der Waals surface area contributed by atoms with Gasteiger partial charge in [0.05, 0.1) is 11.0 Å². The Kier molecular flexibility index (Phi) is 3.68. The van der Waals surface area contributed by atoms with Crippen LogP contribution in [-0.2, 0) is 0 Å². The summed E-state index contributed by atoms with van der Waals surface area (Å²) in [4.78, 5) is 0. The van der Waals surface area contributed by atoms with Gasteiger partial charge in [-0.05, 0) is 37.1 Å². The molecular weight excluding hydrogens is 362 g/mol. The lowest BCUT2D eigenvalue weighted by Crippen LogP contribution is -2.19. The average molecular weight is 392 g/mol. The molecule has 0 nitrogen and oxygen atoms in total. The lowest BCUT2D eigenvalue weighted by Gasteiger charge is -2.26. The van der Waals surface area contributed by atoms with Crippen molar-refractivity contribution in [2.45, 2.75) is 0 Å². The molecule has 0 spiro atoms. The Labute approximate surface area is 175 Å². The summed E-state index contributed by atoms with van der Waals surface area (Å²) in [7, 11) is -3.25. The first kappa shape index (κ1) is 10.9. The Morgan fingerprint density at radius 2 is 0.630 bits per heavy atom. The number of rotatable bonds is 6.